The van der Waals surface area contributed by atoms with Crippen LogP contribution in [0.25, 0.3) is 0 Å². The molecule has 1 aliphatic rings. The molecule has 5 heteroatoms. The highest BCUT2D eigenvalue weighted by Gasteiger charge is 2.37. The fourth-order valence-corrected chi connectivity index (χ4v) is 2.83. The summed E-state index contributed by atoms with van der Waals surface area (Å²) in [4.78, 5) is 11.9. The van der Waals surface area contributed by atoms with Gasteiger partial charge >= 0.3 is 5.97 Å². The van der Waals surface area contributed by atoms with E-state index in [0.717, 1.165) is 5.56 Å². The maximum Gasteiger partial charge on any atom is 0.306 e. The first-order valence-electron chi connectivity index (χ1n) is 7.47. The van der Waals surface area contributed by atoms with Crippen molar-refractivity contribution in [3.63, 3.8) is 0 Å². The van der Waals surface area contributed by atoms with Crippen molar-refractivity contribution in [1.29, 1.82) is 0 Å². The minimum absolute atomic E-state index is 0.156. The lowest BCUT2D eigenvalue weighted by Crippen LogP contribution is -2.19. The molecule has 22 heavy (non-hydrogen) atoms. The summed E-state index contributed by atoms with van der Waals surface area (Å²) in [6, 6.07) is 6.75. The summed E-state index contributed by atoms with van der Waals surface area (Å²) in [6.45, 7) is 2.06. The number of hydrogen-bond donors (Lipinski definition) is 3. The minimum atomic E-state index is -0.875. The SMILES string of the molecule is C/C=C1\[C@H](CC(=O)OCCc2ccc(O)cc2)C[C@@H](O)[C@H]1O. The summed E-state index contributed by atoms with van der Waals surface area (Å²) in [5, 5.41) is 28.7. The average Bonchev–Trinajstić information content (AvgIpc) is 2.75. The standard InChI is InChI=1S/C17H22O5/c1-2-14-12(9-15(19)17(14)21)10-16(20)22-8-7-11-3-5-13(18)6-4-11/h2-6,12,15,17-19,21H,7-10H2,1H3/b14-2+/t12-,15+,17-/m0/s1. The van der Waals surface area contributed by atoms with E-state index in [1.807, 2.05) is 0 Å². The number of esters is 1. The summed E-state index contributed by atoms with van der Waals surface area (Å²) in [5.74, 6) is -0.279. The van der Waals surface area contributed by atoms with Crippen LogP contribution in [-0.2, 0) is 16.0 Å². The monoisotopic (exact) mass is 306 g/mol. The summed E-state index contributed by atoms with van der Waals surface area (Å²) in [5.41, 5.74) is 1.69. The zero-order valence-corrected chi connectivity index (χ0v) is 12.6. The molecule has 1 aromatic rings. The molecule has 120 valence electrons. The van der Waals surface area contributed by atoms with Crippen LogP contribution in [0, 0.1) is 5.92 Å². The third-order valence-corrected chi connectivity index (χ3v) is 4.04. The Morgan fingerprint density at radius 3 is 2.64 bits per heavy atom. The van der Waals surface area contributed by atoms with E-state index in [2.05, 4.69) is 0 Å². The minimum Gasteiger partial charge on any atom is -0.508 e. The number of hydrogen-bond acceptors (Lipinski definition) is 5. The van der Waals surface area contributed by atoms with Crippen LogP contribution < -0.4 is 0 Å². The molecule has 0 aliphatic heterocycles. The van der Waals surface area contributed by atoms with E-state index < -0.39 is 12.2 Å². The fourth-order valence-electron chi connectivity index (χ4n) is 2.83. The van der Waals surface area contributed by atoms with Gasteiger partial charge < -0.3 is 20.1 Å². The molecule has 0 bridgehead atoms. The molecular weight excluding hydrogens is 284 g/mol. The number of aromatic hydroxyl groups is 1. The molecule has 1 aromatic carbocycles. The van der Waals surface area contributed by atoms with Crippen molar-refractivity contribution in [2.75, 3.05) is 6.61 Å². The Morgan fingerprint density at radius 1 is 1.32 bits per heavy atom. The van der Waals surface area contributed by atoms with Gasteiger partial charge in [0.2, 0.25) is 0 Å². The molecule has 0 amide bonds. The van der Waals surface area contributed by atoms with E-state index in [1.165, 1.54) is 0 Å². The molecule has 0 radical (unpaired) electrons. The fraction of sp³-hybridized carbons (Fsp3) is 0.471. The molecule has 1 fully saturated rings. The lowest BCUT2D eigenvalue weighted by Gasteiger charge is -2.12. The molecule has 2 rings (SSSR count). The Labute approximate surface area is 129 Å². The van der Waals surface area contributed by atoms with Crippen LogP contribution in [0.3, 0.4) is 0 Å². The van der Waals surface area contributed by atoms with Crippen LogP contribution in [0.15, 0.2) is 35.9 Å². The molecule has 3 atom stereocenters. The van der Waals surface area contributed by atoms with Crippen LogP contribution in [0.2, 0.25) is 0 Å². The summed E-state index contributed by atoms with van der Waals surface area (Å²) < 4.78 is 5.21. The van der Waals surface area contributed by atoms with Gasteiger partial charge in [-0.15, -0.1) is 0 Å². The van der Waals surface area contributed by atoms with Crippen LogP contribution in [0.5, 0.6) is 5.75 Å². The predicted molar refractivity (Wildman–Crippen MR) is 81.3 cm³/mol. The first-order valence-corrected chi connectivity index (χ1v) is 7.47. The second-order valence-electron chi connectivity index (χ2n) is 5.57. The zero-order valence-electron chi connectivity index (χ0n) is 12.6. The Bertz CT molecular complexity index is 534. The normalized spacial score (nSPS) is 26.3. The van der Waals surface area contributed by atoms with Gasteiger partial charge in [0.25, 0.3) is 0 Å². The van der Waals surface area contributed by atoms with E-state index in [1.54, 1.807) is 37.3 Å². The predicted octanol–water partition coefficient (Wildman–Crippen LogP) is 1.56. The lowest BCUT2D eigenvalue weighted by atomic mass is 9.98. The molecule has 0 saturated heterocycles. The van der Waals surface area contributed by atoms with E-state index in [0.29, 0.717) is 18.4 Å². The van der Waals surface area contributed by atoms with Gasteiger partial charge in [-0.05, 0) is 42.5 Å². The van der Waals surface area contributed by atoms with E-state index in [9.17, 15) is 20.1 Å². The van der Waals surface area contributed by atoms with Crippen molar-refractivity contribution < 1.29 is 24.9 Å². The summed E-state index contributed by atoms with van der Waals surface area (Å²) in [7, 11) is 0. The second kappa shape index (κ2) is 7.42. The largest absolute Gasteiger partial charge is 0.508 e. The highest BCUT2D eigenvalue weighted by Crippen LogP contribution is 2.34. The first kappa shape index (κ1) is 16.5. The molecule has 1 aliphatic carbocycles. The lowest BCUT2D eigenvalue weighted by molar-refractivity contribution is -0.144. The molecule has 0 spiro atoms. The number of rotatable bonds is 5. The number of phenols is 1. The maximum absolute atomic E-state index is 11.9. The maximum atomic E-state index is 11.9. The van der Waals surface area contributed by atoms with Gasteiger partial charge in [-0.3, -0.25) is 4.79 Å². The molecule has 1 saturated carbocycles. The number of carbonyl (C=O) groups excluding carboxylic acids is 1. The van der Waals surface area contributed by atoms with Crippen LogP contribution in [0.4, 0.5) is 0 Å². The van der Waals surface area contributed by atoms with E-state index >= 15 is 0 Å². The second-order valence-corrected chi connectivity index (χ2v) is 5.57. The number of aliphatic hydroxyl groups is 2. The van der Waals surface area contributed by atoms with Crippen molar-refractivity contribution >= 4 is 5.97 Å². The van der Waals surface area contributed by atoms with Crippen molar-refractivity contribution in [3.8, 4) is 5.75 Å². The molecule has 0 heterocycles. The van der Waals surface area contributed by atoms with Crippen LogP contribution >= 0.6 is 0 Å². The molecular formula is C17H22O5. The van der Waals surface area contributed by atoms with Gasteiger partial charge in [-0.1, -0.05) is 18.2 Å². The molecule has 3 N–H and O–H groups in total. The third kappa shape index (κ3) is 4.08. The smallest absolute Gasteiger partial charge is 0.306 e. The van der Waals surface area contributed by atoms with Crippen molar-refractivity contribution in [1.82, 2.24) is 0 Å². The van der Waals surface area contributed by atoms with Gasteiger partial charge in [0.05, 0.1) is 19.1 Å². The number of benzene rings is 1. The number of carbonyl (C=O) groups is 1. The number of aliphatic hydroxyl groups excluding tert-OH is 2. The number of ether oxygens (including phenoxy) is 1. The summed E-state index contributed by atoms with van der Waals surface area (Å²) in [6.07, 6.45) is 1.21. The quantitative estimate of drug-likeness (QED) is 0.567. The highest BCUT2D eigenvalue weighted by atomic mass is 16.5. The van der Waals surface area contributed by atoms with Gasteiger partial charge in [0.1, 0.15) is 11.9 Å². The molecule has 0 aromatic heterocycles. The molecule has 0 unspecified atom stereocenters. The van der Waals surface area contributed by atoms with Crippen LogP contribution in [0.1, 0.15) is 25.3 Å². The highest BCUT2D eigenvalue weighted by molar-refractivity contribution is 5.70. The Kier molecular flexibility index (Phi) is 5.57. The topological polar surface area (TPSA) is 87.0 Å². The number of phenolic OH excluding ortho intramolecular Hbond substituents is 1. The Balaban J connectivity index is 1.77. The van der Waals surface area contributed by atoms with E-state index in [-0.39, 0.29) is 30.7 Å². The average molecular weight is 306 g/mol. The summed E-state index contributed by atoms with van der Waals surface area (Å²) >= 11 is 0. The number of allylic oxidation sites excluding steroid dienone is 1. The van der Waals surface area contributed by atoms with Gasteiger partial charge in [0.15, 0.2) is 0 Å². The van der Waals surface area contributed by atoms with Gasteiger partial charge in [0, 0.05) is 6.42 Å². The van der Waals surface area contributed by atoms with Crippen molar-refractivity contribution in [3.05, 3.63) is 41.5 Å². The third-order valence-electron chi connectivity index (χ3n) is 4.04. The van der Waals surface area contributed by atoms with Crippen molar-refractivity contribution in [2.24, 2.45) is 5.92 Å². The van der Waals surface area contributed by atoms with Crippen LogP contribution in [-0.4, -0.2) is 40.1 Å². The van der Waals surface area contributed by atoms with Gasteiger partial charge in [-0.2, -0.15) is 0 Å². The molecule has 5 nitrogen and oxygen atoms in total. The van der Waals surface area contributed by atoms with Gasteiger partial charge in [-0.25, -0.2) is 0 Å². The Hall–Kier alpha value is -1.85. The van der Waals surface area contributed by atoms with E-state index in [4.69, 9.17) is 4.74 Å². The first-order chi connectivity index (χ1) is 10.5. The zero-order chi connectivity index (χ0) is 16.1. The van der Waals surface area contributed by atoms with Crippen molar-refractivity contribution in [2.45, 2.75) is 38.4 Å². The Morgan fingerprint density at radius 2 is 2.00 bits per heavy atom.